The molecule has 1 amide bonds. The number of amides is 1. The van der Waals surface area contributed by atoms with Crippen LogP contribution in [0.4, 0.5) is 5.69 Å². The van der Waals surface area contributed by atoms with Crippen molar-refractivity contribution in [1.82, 2.24) is 0 Å². The van der Waals surface area contributed by atoms with Gasteiger partial charge in [-0.1, -0.05) is 24.3 Å². The molecular weight excluding hydrogens is 398 g/mol. The van der Waals surface area contributed by atoms with Gasteiger partial charge in [0.15, 0.2) is 0 Å². The van der Waals surface area contributed by atoms with Gasteiger partial charge in [0.25, 0.3) is 5.91 Å². The van der Waals surface area contributed by atoms with Crippen LogP contribution in [0.15, 0.2) is 42.5 Å². The van der Waals surface area contributed by atoms with Gasteiger partial charge >= 0.3 is 5.97 Å². The fourth-order valence-corrected chi connectivity index (χ4v) is 4.75. The van der Waals surface area contributed by atoms with Crippen molar-refractivity contribution in [3.05, 3.63) is 57.8 Å². The normalized spacial score (nSPS) is 15.6. The summed E-state index contributed by atoms with van der Waals surface area (Å²) in [4.78, 5) is 26.6. The molecule has 0 spiro atoms. The first kappa shape index (κ1) is 18.8. The molecule has 3 aromatic rings. The first-order valence-electron chi connectivity index (χ1n) is 8.94. The first-order chi connectivity index (χ1) is 13.5. The second-order valence-corrected chi connectivity index (χ2v) is 7.91. The summed E-state index contributed by atoms with van der Waals surface area (Å²) in [6.07, 6.45) is 0. The number of carboxylic acids is 1. The van der Waals surface area contributed by atoms with Crippen molar-refractivity contribution in [2.75, 3.05) is 23.9 Å². The Labute approximate surface area is 171 Å². The summed E-state index contributed by atoms with van der Waals surface area (Å²) >= 11 is 7.24. The van der Waals surface area contributed by atoms with E-state index in [4.69, 9.17) is 21.4 Å². The lowest BCUT2D eigenvalue weighted by Crippen LogP contribution is -2.29. The number of fused-ring (bicyclic) bond motifs is 3. The summed E-state index contributed by atoms with van der Waals surface area (Å²) < 4.78 is 5.84. The smallest absolute Gasteiger partial charge is 0.345 e. The van der Waals surface area contributed by atoms with E-state index in [9.17, 15) is 9.59 Å². The van der Waals surface area contributed by atoms with E-state index in [1.165, 1.54) is 6.07 Å². The van der Waals surface area contributed by atoms with Crippen LogP contribution in [0.25, 0.3) is 10.8 Å². The molecule has 1 aromatic heterocycles. The molecule has 0 fully saturated rings. The number of anilines is 1. The summed E-state index contributed by atoms with van der Waals surface area (Å²) in [6, 6.07) is 12.9. The molecule has 2 aromatic carbocycles. The lowest BCUT2D eigenvalue weighted by atomic mass is 9.95. The number of benzene rings is 2. The minimum Gasteiger partial charge on any atom is -0.493 e. The van der Waals surface area contributed by atoms with Crippen LogP contribution >= 0.6 is 22.9 Å². The molecule has 2 heterocycles. The van der Waals surface area contributed by atoms with Crippen molar-refractivity contribution in [3.8, 4) is 5.75 Å². The monoisotopic (exact) mass is 415 g/mol. The summed E-state index contributed by atoms with van der Waals surface area (Å²) in [5.41, 5.74) is 1.82. The second kappa shape index (κ2) is 7.45. The van der Waals surface area contributed by atoms with Crippen molar-refractivity contribution >= 4 is 51.3 Å². The predicted molar refractivity (Wildman–Crippen MR) is 112 cm³/mol. The number of hydrogen-bond acceptors (Lipinski definition) is 4. The van der Waals surface area contributed by atoms with Crippen molar-refractivity contribution in [2.24, 2.45) is 0 Å². The number of halogens is 1. The van der Waals surface area contributed by atoms with E-state index in [2.05, 4.69) is 0 Å². The number of hydrogen-bond donors (Lipinski definition) is 1. The first-order valence-corrected chi connectivity index (χ1v) is 10.3. The molecule has 0 saturated heterocycles. The van der Waals surface area contributed by atoms with E-state index in [1.54, 1.807) is 11.0 Å². The van der Waals surface area contributed by atoms with Gasteiger partial charge in [0.05, 0.1) is 17.2 Å². The van der Waals surface area contributed by atoms with Crippen LogP contribution in [-0.2, 0) is 0 Å². The zero-order valence-corrected chi connectivity index (χ0v) is 16.7. The highest BCUT2D eigenvalue weighted by Gasteiger charge is 2.35. The Bertz CT molecular complexity index is 1080. The minimum absolute atomic E-state index is 0.0000922. The molecule has 0 radical (unpaired) electrons. The molecule has 0 aliphatic carbocycles. The molecule has 0 saturated carbocycles. The highest BCUT2D eigenvalue weighted by molar-refractivity contribution is 7.16. The molecule has 5 nitrogen and oxygen atoms in total. The van der Waals surface area contributed by atoms with E-state index < -0.39 is 5.97 Å². The third-order valence-corrected chi connectivity index (χ3v) is 6.32. The zero-order valence-electron chi connectivity index (χ0n) is 15.1. The van der Waals surface area contributed by atoms with Gasteiger partial charge < -0.3 is 14.7 Å². The number of nitrogens with zero attached hydrogens (tertiary/aromatic N) is 1. The Morgan fingerprint density at radius 2 is 1.93 bits per heavy atom. The summed E-state index contributed by atoms with van der Waals surface area (Å²) in [5, 5.41) is 11.2. The van der Waals surface area contributed by atoms with Crippen LogP contribution in [0.2, 0.25) is 0 Å². The number of thiophene rings is 1. The van der Waals surface area contributed by atoms with E-state index >= 15 is 0 Å². The van der Waals surface area contributed by atoms with Gasteiger partial charge in [0.1, 0.15) is 10.6 Å². The second-order valence-electron chi connectivity index (χ2n) is 6.52. The standard InChI is InChI=1S/C21H18ClNO4S/c1-2-27-16-9-15-19(14-6-4-3-5-13(14)16)12(10-22)11-23(15)20(24)17-7-8-18(28-17)21(25)26/h3-9,12H,2,10-11H2,1H3,(H,25,26)/t12-/m1/s1. The number of aromatic carboxylic acids is 1. The number of carboxylic acid groups (broad SMARTS) is 1. The van der Waals surface area contributed by atoms with Crippen LogP contribution < -0.4 is 9.64 Å². The van der Waals surface area contributed by atoms with Gasteiger partial charge in [-0.15, -0.1) is 22.9 Å². The van der Waals surface area contributed by atoms with Gasteiger partial charge in [-0.25, -0.2) is 4.79 Å². The Kier molecular flexibility index (Phi) is 5.00. The largest absolute Gasteiger partial charge is 0.493 e. The average molecular weight is 416 g/mol. The van der Waals surface area contributed by atoms with Crippen LogP contribution in [0.1, 0.15) is 37.7 Å². The predicted octanol–water partition coefficient (Wildman–Crippen LogP) is 4.98. The highest BCUT2D eigenvalue weighted by atomic mass is 35.5. The van der Waals surface area contributed by atoms with E-state index in [0.717, 1.165) is 39.1 Å². The number of rotatable bonds is 5. The van der Waals surface area contributed by atoms with Gasteiger partial charge in [-0.05, 0) is 30.0 Å². The Balaban J connectivity index is 1.85. The number of carbonyl (C=O) groups is 2. The fraction of sp³-hybridized carbons (Fsp3) is 0.238. The molecule has 0 unspecified atom stereocenters. The number of alkyl halides is 1. The fourth-order valence-electron chi connectivity index (χ4n) is 3.71. The van der Waals surface area contributed by atoms with Gasteiger partial charge in [-0.3, -0.25) is 4.79 Å². The van der Waals surface area contributed by atoms with E-state index in [1.807, 2.05) is 37.3 Å². The molecular formula is C21H18ClNO4S. The van der Waals surface area contributed by atoms with Crippen LogP contribution in [-0.4, -0.2) is 36.0 Å². The summed E-state index contributed by atoms with van der Waals surface area (Å²) in [7, 11) is 0. The van der Waals surface area contributed by atoms with Gasteiger partial charge in [0.2, 0.25) is 0 Å². The molecule has 1 N–H and O–H groups in total. The van der Waals surface area contributed by atoms with Crippen LogP contribution in [0.5, 0.6) is 5.75 Å². The van der Waals surface area contributed by atoms with Gasteiger partial charge in [-0.2, -0.15) is 0 Å². The van der Waals surface area contributed by atoms with E-state index in [-0.39, 0.29) is 16.7 Å². The maximum Gasteiger partial charge on any atom is 0.345 e. The SMILES string of the molecule is CCOc1cc2c(c3ccccc13)[C@H](CCl)CN2C(=O)c1ccc(C(=O)O)s1. The molecule has 1 atom stereocenters. The van der Waals surface area contributed by atoms with Crippen molar-refractivity contribution in [2.45, 2.75) is 12.8 Å². The van der Waals surface area contributed by atoms with Crippen LogP contribution in [0, 0.1) is 0 Å². The van der Waals surface area contributed by atoms with Crippen molar-refractivity contribution in [1.29, 1.82) is 0 Å². The van der Waals surface area contributed by atoms with Crippen LogP contribution in [0.3, 0.4) is 0 Å². The number of ether oxygens (including phenoxy) is 1. The average Bonchev–Trinajstić information content (AvgIpc) is 3.33. The molecule has 28 heavy (non-hydrogen) atoms. The lowest BCUT2D eigenvalue weighted by Gasteiger charge is -2.18. The maximum absolute atomic E-state index is 13.2. The molecule has 0 bridgehead atoms. The zero-order chi connectivity index (χ0) is 19.8. The Hall–Kier alpha value is -2.57. The molecule has 1 aliphatic heterocycles. The third kappa shape index (κ3) is 3.02. The maximum atomic E-state index is 13.2. The molecule has 144 valence electrons. The molecule has 4 rings (SSSR count). The Morgan fingerprint density at radius 3 is 2.57 bits per heavy atom. The van der Waals surface area contributed by atoms with Gasteiger partial charge in [0, 0.05) is 29.8 Å². The quantitative estimate of drug-likeness (QED) is 0.596. The van der Waals surface area contributed by atoms with E-state index in [0.29, 0.717) is 23.9 Å². The minimum atomic E-state index is -1.03. The van der Waals surface area contributed by atoms with Crippen molar-refractivity contribution in [3.63, 3.8) is 0 Å². The Morgan fingerprint density at radius 1 is 1.21 bits per heavy atom. The summed E-state index contributed by atoms with van der Waals surface area (Å²) in [5.74, 6) is -0.139. The molecule has 7 heteroatoms. The summed E-state index contributed by atoms with van der Waals surface area (Å²) in [6.45, 7) is 2.89. The number of carbonyl (C=O) groups excluding carboxylic acids is 1. The third-order valence-electron chi connectivity index (χ3n) is 4.89. The molecule has 1 aliphatic rings. The highest BCUT2D eigenvalue weighted by Crippen LogP contribution is 2.46. The lowest BCUT2D eigenvalue weighted by molar-refractivity contribution is 0.0702. The van der Waals surface area contributed by atoms with Crippen molar-refractivity contribution < 1.29 is 19.4 Å². The topological polar surface area (TPSA) is 66.8 Å².